The molecule has 2 rings (SSSR count). The second-order valence-corrected chi connectivity index (χ2v) is 6.22. The number of aromatic nitrogens is 2. The number of likely N-dealkylation sites (tertiary alicyclic amines) is 1. The fourth-order valence-corrected chi connectivity index (χ4v) is 3.02. The normalized spacial score (nSPS) is 17.2. The Kier molecular flexibility index (Phi) is 5.71. The van der Waals surface area contributed by atoms with Crippen LogP contribution < -0.4 is 10.9 Å². The molecule has 1 unspecified atom stereocenters. The maximum Gasteiger partial charge on any atom is 0.254 e. The molecule has 0 radical (unpaired) electrons. The Morgan fingerprint density at radius 1 is 1.32 bits per heavy atom. The molecule has 6 nitrogen and oxygen atoms in total. The molecule has 1 aliphatic heterocycles. The highest BCUT2D eigenvalue weighted by atomic mass is 16.2. The third-order valence-electron chi connectivity index (χ3n) is 4.07. The highest BCUT2D eigenvalue weighted by molar-refractivity contribution is 5.78. The Morgan fingerprint density at radius 2 is 2.00 bits per heavy atom. The second-order valence-electron chi connectivity index (χ2n) is 6.22. The number of H-pyrrole nitrogens is 1. The van der Waals surface area contributed by atoms with Gasteiger partial charge in [-0.1, -0.05) is 6.42 Å². The Bertz CT molecular complexity index is 576. The average molecular weight is 306 g/mol. The number of aromatic amines is 1. The van der Waals surface area contributed by atoms with Gasteiger partial charge in [0.2, 0.25) is 5.91 Å². The van der Waals surface area contributed by atoms with Gasteiger partial charge >= 0.3 is 0 Å². The Hall–Kier alpha value is -1.69. The zero-order chi connectivity index (χ0) is 16.1. The molecule has 0 aromatic carbocycles. The molecule has 2 N–H and O–H groups in total. The van der Waals surface area contributed by atoms with Gasteiger partial charge in [0.05, 0.1) is 6.42 Å². The standard InChI is InChI=1S/C16H26N4O2/c1-11(10-20-7-5-4-6-8-20)17-15(21)9-14-12(2)18-13(3)19-16(14)22/h11H,4-10H2,1-3H3,(H,17,21)(H,18,19,22). The molecule has 1 atom stereocenters. The third kappa shape index (κ3) is 4.66. The van der Waals surface area contributed by atoms with Crippen LogP contribution in [0.4, 0.5) is 0 Å². The Morgan fingerprint density at radius 3 is 2.64 bits per heavy atom. The SMILES string of the molecule is Cc1nc(C)c(CC(=O)NC(C)CN2CCCCC2)c(=O)[nH]1. The van der Waals surface area contributed by atoms with E-state index in [0.29, 0.717) is 17.1 Å². The summed E-state index contributed by atoms with van der Waals surface area (Å²) in [6.45, 7) is 8.60. The summed E-state index contributed by atoms with van der Waals surface area (Å²) in [7, 11) is 0. The van der Waals surface area contributed by atoms with E-state index in [-0.39, 0.29) is 23.9 Å². The first kappa shape index (κ1) is 16.7. The molecule has 1 saturated heterocycles. The Labute approximate surface area is 131 Å². The van der Waals surface area contributed by atoms with E-state index in [9.17, 15) is 9.59 Å². The zero-order valence-electron chi connectivity index (χ0n) is 13.7. The molecule has 122 valence electrons. The minimum absolute atomic E-state index is 0.0821. The van der Waals surface area contributed by atoms with E-state index in [1.165, 1.54) is 19.3 Å². The lowest BCUT2D eigenvalue weighted by molar-refractivity contribution is -0.121. The van der Waals surface area contributed by atoms with Gasteiger partial charge in [-0.15, -0.1) is 0 Å². The van der Waals surface area contributed by atoms with E-state index in [1.807, 2.05) is 6.92 Å². The predicted octanol–water partition coefficient (Wildman–Crippen LogP) is 0.920. The molecule has 1 aromatic heterocycles. The summed E-state index contributed by atoms with van der Waals surface area (Å²) in [5.41, 5.74) is 0.859. The van der Waals surface area contributed by atoms with Crippen molar-refractivity contribution in [3.05, 3.63) is 27.4 Å². The monoisotopic (exact) mass is 306 g/mol. The first-order valence-electron chi connectivity index (χ1n) is 8.04. The fourth-order valence-electron chi connectivity index (χ4n) is 3.02. The quantitative estimate of drug-likeness (QED) is 0.848. The molecule has 0 bridgehead atoms. The van der Waals surface area contributed by atoms with E-state index >= 15 is 0 Å². The summed E-state index contributed by atoms with van der Waals surface area (Å²) in [4.78, 5) is 33.3. The number of carbonyl (C=O) groups is 1. The topological polar surface area (TPSA) is 78.1 Å². The number of rotatable bonds is 5. The molecule has 1 amide bonds. The van der Waals surface area contributed by atoms with Crippen LogP contribution in [0.5, 0.6) is 0 Å². The van der Waals surface area contributed by atoms with Crippen molar-refractivity contribution in [3.8, 4) is 0 Å². The van der Waals surface area contributed by atoms with Gasteiger partial charge in [-0.3, -0.25) is 9.59 Å². The van der Waals surface area contributed by atoms with Crippen LogP contribution in [0.3, 0.4) is 0 Å². The lowest BCUT2D eigenvalue weighted by Gasteiger charge is -2.29. The maximum atomic E-state index is 12.1. The summed E-state index contributed by atoms with van der Waals surface area (Å²) in [5, 5.41) is 2.98. The van der Waals surface area contributed by atoms with Gasteiger partial charge in [0.15, 0.2) is 0 Å². The van der Waals surface area contributed by atoms with Crippen molar-refractivity contribution in [2.75, 3.05) is 19.6 Å². The van der Waals surface area contributed by atoms with E-state index in [2.05, 4.69) is 20.2 Å². The van der Waals surface area contributed by atoms with Gasteiger partial charge < -0.3 is 15.2 Å². The summed E-state index contributed by atoms with van der Waals surface area (Å²) in [5.74, 6) is 0.453. The number of hydrogen-bond acceptors (Lipinski definition) is 4. The molecule has 1 aliphatic rings. The van der Waals surface area contributed by atoms with Crippen molar-refractivity contribution < 1.29 is 4.79 Å². The second kappa shape index (κ2) is 7.54. The smallest absolute Gasteiger partial charge is 0.254 e. The number of carbonyl (C=O) groups excluding carboxylic acids is 1. The number of aryl methyl sites for hydroxylation is 2. The van der Waals surface area contributed by atoms with Crippen molar-refractivity contribution in [2.24, 2.45) is 0 Å². The first-order valence-corrected chi connectivity index (χ1v) is 8.04. The van der Waals surface area contributed by atoms with Crippen LogP contribution in [0.25, 0.3) is 0 Å². The molecule has 1 aromatic rings. The third-order valence-corrected chi connectivity index (χ3v) is 4.07. The molecule has 0 saturated carbocycles. The van der Waals surface area contributed by atoms with Crippen molar-refractivity contribution in [2.45, 2.75) is 52.5 Å². The van der Waals surface area contributed by atoms with Gasteiger partial charge in [0.25, 0.3) is 5.56 Å². The molecule has 0 spiro atoms. The van der Waals surface area contributed by atoms with Crippen LogP contribution in [-0.2, 0) is 11.2 Å². The molecule has 0 aliphatic carbocycles. The minimum Gasteiger partial charge on any atom is -0.352 e. The van der Waals surface area contributed by atoms with Gasteiger partial charge in [-0.05, 0) is 46.7 Å². The van der Waals surface area contributed by atoms with Crippen molar-refractivity contribution in [3.63, 3.8) is 0 Å². The summed E-state index contributed by atoms with van der Waals surface area (Å²) >= 11 is 0. The minimum atomic E-state index is -0.219. The van der Waals surface area contributed by atoms with Gasteiger partial charge in [-0.2, -0.15) is 0 Å². The van der Waals surface area contributed by atoms with Gasteiger partial charge in [0.1, 0.15) is 5.82 Å². The molecular weight excluding hydrogens is 280 g/mol. The lowest BCUT2D eigenvalue weighted by Crippen LogP contribution is -2.44. The van der Waals surface area contributed by atoms with Crippen LogP contribution in [0.15, 0.2) is 4.79 Å². The average Bonchev–Trinajstić information content (AvgIpc) is 2.43. The van der Waals surface area contributed by atoms with Crippen LogP contribution in [0, 0.1) is 13.8 Å². The van der Waals surface area contributed by atoms with Crippen LogP contribution in [0.2, 0.25) is 0 Å². The highest BCUT2D eigenvalue weighted by Gasteiger charge is 2.17. The predicted molar refractivity (Wildman–Crippen MR) is 85.9 cm³/mol. The highest BCUT2D eigenvalue weighted by Crippen LogP contribution is 2.09. The summed E-state index contributed by atoms with van der Waals surface area (Å²) < 4.78 is 0. The van der Waals surface area contributed by atoms with Gasteiger partial charge in [0, 0.05) is 23.8 Å². The largest absolute Gasteiger partial charge is 0.352 e. The Balaban J connectivity index is 1.88. The molecule has 1 fully saturated rings. The van der Waals surface area contributed by atoms with Crippen LogP contribution >= 0.6 is 0 Å². The van der Waals surface area contributed by atoms with Gasteiger partial charge in [-0.25, -0.2) is 4.98 Å². The van der Waals surface area contributed by atoms with E-state index in [4.69, 9.17) is 0 Å². The number of nitrogens with one attached hydrogen (secondary N) is 2. The zero-order valence-corrected chi connectivity index (χ0v) is 13.7. The first-order chi connectivity index (χ1) is 10.5. The summed E-state index contributed by atoms with van der Waals surface area (Å²) in [6.07, 6.45) is 3.87. The van der Waals surface area contributed by atoms with Crippen LogP contribution in [0.1, 0.15) is 43.3 Å². The van der Waals surface area contributed by atoms with E-state index in [1.54, 1.807) is 13.8 Å². The molecular formula is C16H26N4O2. The molecule has 2 heterocycles. The lowest BCUT2D eigenvalue weighted by atomic mass is 10.1. The van der Waals surface area contributed by atoms with Crippen molar-refractivity contribution in [1.82, 2.24) is 20.2 Å². The van der Waals surface area contributed by atoms with Crippen molar-refractivity contribution >= 4 is 5.91 Å². The van der Waals surface area contributed by atoms with Crippen LogP contribution in [-0.4, -0.2) is 46.5 Å². The number of hydrogen-bond donors (Lipinski definition) is 2. The number of nitrogens with zero attached hydrogens (tertiary/aromatic N) is 2. The number of piperidine rings is 1. The molecule has 22 heavy (non-hydrogen) atoms. The molecule has 6 heteroatoms. The maximum absolute atomic E-state index is 12.1. The van der Waals surface area contributed by atoms with E-state index in [0.717, 1.165) is 19.6 Å². The summed E-state index contributed by atoms with van der Waals surface area (Å²) in [6, 6.07) is 0.0865. The van der Waals surface area contributed by atoms with Crippen molar-refractivity contribution in [1.29, 1.82) is 0 Å². The fraction of sp³-hybridized carbons (Fsp3) is 0.688. The number of amides is 1. The van der Waals surface area contributed by atoms with E-state index < -0.39 is 0 Å².